The van der Waals surface area contributed by atoms with Crippen LogP contribution in [0.25, 0.3) is 33.6 Å². The molecular weight excluding hydrogens is 255 g/mol. The van der Waals surface area contributed by atoms with Gasteiger partial charge in [-0.05, 0) is 24.3 Å². The summed E-state index contributed by atoms with van der Waals surface area (Å²) in [5.41, 5.74) is 3.16. The van der Waals surface area contributed by atoms with Gasteiger partial charge in [0.1, 0.15) is 11.2 Å². The van der Waals surface area contributed by atoms with Crippen LogP contribution in [0.15, 0.2) is 48.7 Å². The summed E-state index contributed by atoms with van der Waals surface area (Å²) in [5, 5.41) is 0. The van der Waals surface area contributed by atoms with Gasteiger partial charge in [0.15, 0.2) is 11.6 Å². The molecule has 0 aliphatic carbocycles. The third-order valence-electron chi connectivity index (χ3n) is 3.15. The SMILES string of the molecule is Fc1cccc2[nH]c(-c3cnc4ccccc4n3)nc12. The van der Waals surface area contributed by atoms with Gasteiger partial charge in [-0.1, -0.05) is 18.2 Å². The van der Waals surface area contributed by atoms with Gasteiger partial charge in [-0.25, -0.2) is 14.4 Å². The van der Waals surface area contributed by atoms with Gasteiger partial charge in [0.05, 0.1) is 22.7 Å². The van der Waals surface area contributed by atoms with Crippen molar-refractivity contribution in [2.24, 2.45) is 0 Å². The second-order valence-corrected chi connectivity index (χ2v) is 4.47. The zero-order chi connectivity index (χ0) is 13.5. The number of para-hydroxylation sites is 3. The first-order valence-electron chi connectivity index (χ1n) is 6.18. The lowest BCUT2D eigenvalue weighted by Gasteiger charge is -1.98. The number of H-pyrrole nitrogens is 1. The number of imidazole rings is 1. The molecule has 0 saturated carbocycles. The van der Waals surface area contributed by atoms with Crippen molar-refractivity contribution in [3.05, 3.63) is 54.5 Å². The minimum absolute atomic E-state index is 0.317. The fourth-order valence-corrected chi connectivity index (χ4v) is 2.19. The van der Waals surface area contributed by atoms with Gasteiger partial charge in [-0.2, -0.15) is 0 Å². The highest BCUT2D eigenvalue weighted by atomic mass is 19.1. The van der Waals surface area contributed by atoms with Crippen LogP contribution < -0.4 is 0 Å². The highest BCUT2D eigenvalue weighted by molar-refractivity contribution is 5.81. The van der Waals surface area contributed by atoms with Crippen LogP contribution in [0.4, 0.5) is 4.39 Å². The molecule has 0 amide bonds. The van der Waals surface area contributed by atoms with Gasteiger partial charge < -0.3 is 4.98 Å². The Morgan fingerprint density at radius 3 is 2.60 bits per heavy atom. The number of nitrogens with zero attached hydrogens (tertiary/aromatic N) is 3. The number of hydrogen-bond donors (Lipinski definition) is 1. The van der Waals surface area contributed by atoms with Crippen LogP contribution in [0.2, 0.25) is 0 Å². The molecule has 2 heterocycles. The Balaban J connectivity index is 1.94. The van der Waals surface area contributed by atoms with E-state index in [4.69, 9.17) is 0 Å². The molecule has 20 heavy (non-hydrogen) atoms. The maximum Gasteiger partial charge on any atom is 0.158 e. The first-order chi connectivity index (χ1) is 9.81. The molecule has 0 bridgehead atoms. The molecule has 0 atom stereocenters. The van der Waals surface area contributed by atoms with Gasteiger partial charge in [0, 0.05) is 0 Å². The number of rotatable bonds is 1. The number of benzene rings is 2. The Bertz CT molecular complexity index is 929. The Morgan fingerprint density at radius 1 is 0.900 bits per heavy atom. The molecule has 2 aromatic heterocycles. The zero-order valence-electron chi connectivity index (χ0n) is 10.3. The van der Waals surface area contributed by atoms with E-state index in [9.17, 15) is 4.39 Å². The molecule has 1 N–H and O–H groups in total. The maximum atomic E-state index is 13.6. The fraction of sp³-hybridized carbons (Fsp3) is 0. The molecule has 0 fully saturated rings. The smallest absolute Gasteiger partial charge is 0.158 e. The number of fused-ring (bicyclic) bond motifs is 2. The van der Waals surface area contributed by atoms with Crippen molar-refractivity contribution in [2.45, 2.75) is 0 Å². The average molecular weight is 264 g/mol. The summed E-state index contributed by atoms with van der Waals surface area (Å²) in [4.78, 5) is 16.1. The predicted molar refractivity (Wildman–Crippen MR) is 74.6 cm³/mol. The first kappa shape index (κ1) is 11.0. The zero-order valence-corrected chi connectivity index (χ0v) is 10.3. The lowest BCUT2D eigenvalue weighted by atomic mass is 10.3. The van der Waals surface area contributed by atoms with Crippen LogP contribution in [0, 0.1) is 5.82 Å². The Kier molecular flexibility index (Phi) is 2.26. The molecule has 4 rings (SSSR count). The summed E-state index contributed by atoms with van der Waals surface area (Å²) in [6.45, 7) is 0. The molecule has 96 valence electrons. The molecule has 4 aromatic rings. The monoisotopic (exact) mass is 264 g/mol. The molecule has 0 unspecified atom stereocenters. The summed E-state index contributed by atoms with van der Waals surface area (Å²) >= 11 is 0. The normalized spacial score (nSPS) is 11.2. The third-order valence-corrected chi connectivity index (χ3v) is 3.15. The molecule has 5 heteroatoms. The summed E-state index contributed by atoms with van der Waals surface area (Å²) in [5.74, 6) is 0.169. The van der Waals surface area contributed by atoms with Gasteiger partial charge in [-0.15, -0.1) is 0 Å². The van der Waals surface area contributed by atoms with Crippen LogP contribution >= 0.6 is 0 Å². The summed E-state index contributed by atoms with van der Waals surface area (Å²) in [6.07, 6.45) is 1.64. The van der Waals surface area contributed by atoms with Crippen molar-refractivity contribution in [3.63, 3.8) is 0 Å². The average Bonchev–Trinajstić information content (AvgIpc) is 2.92. The van der Waals surface area contributed by atoms with Crippen LogP contribution in [0.5, 0.6) is 0 Å². The number of aromatic amines is 1. The predicted octanol–water partition coefficient (Wildman–Crippen LogP) is 3.31. The Hall–Kier alpha value is -2.82. The van der Waals surface area contributed by atoms with Crippen molar-refractivity contribution in [1.82, 2.24) is 19.9 Å². The van der Waals surface area contributed by atoms with Gasteiger partial charge in [0.25, 0.3) is 0 Å². The lowest BCUT2D eigenvalue weighted by molar-refractivity contribution is 0.637. The van der Waals surface area contributed by atoms with E-state index in [-0.39, 0.29) is 5.82 Å². The molecule has 0 radical (unpaired) electrons. The van der Waals surface area contributed by atoms with Crippen molar-refractivity contribution in [3.8, 4) is 11.5 Å². The van der Waals surface area contributed by atoms with Gasteiger partial charge in [0.2, 0.25) is 0 Å². The molecule has 4 nitrogen and oxygen atoms in total. The number of hydrogen-bond acceptors (Lipinski definition) is 3. The van der Waals surface area contributed by atoms with E-state index in [1.807, 2.05) is 24.3 Å². The first-order valence-corrected chi connectivity index (χ1v) is 6.18. The van der Waals surface area contributed by atoms with E-state index in [0.717, 1.165) is 11.0 Å². The number of nitrogens with one attached hydrogen (secondary N) is 1. The van der Waals surface area contributed by atoms with Crippen LogP contribution in [-0.2, 0) is 0 Å². The van der Waals surface area contributed by atoms with Crippen molar-refractivity contribution in [2.75, 3.05) is 0 Å². The summed E-state index contributed by atoms with van der Waals surface area (Å²) < 4.78 is 13.6. The minimum Gasteiger partial charge on any atom is -0.337 e. The second kappa shape index (κ2) is 4.09. The van der Waals surface area contributed by atoms with Crippen LogP contribution in [0.1, 0.15) is 0 Å². The van der Waals surface area contributed by atoms with E-state index in [1.165, 1.54) is 6.07 Å². The topological polar surface area (TPSA) is 54.5 Å². The highest BCUT2D eigenvalue weighted by Gasteiger charge is 2.10. The number of halogens is 1. The molecule has 0 aliphatic rings. The molecule has 0 saturated heterocycles. The van der Waals surface area contributed by atoms with Crippen molar-refractivity contribution in [1.29, 1.82) is 0 Å². The standard InChI is InChI=1S/C15H9FN4/c16-9-4-3-7-12-14(9)20-15(19-12)13-8-17-10-5-1-2-6-11(10)18-13/h1-8H,(H,19,20). The van der Waals surface area contributed by atoms with Crippen LogP contribution in [-0.4, -0.2) is 19.9 Å². The third kappa shape index (κ3) is 1.64. The maximum absolute atomic E-state index is 13.6. The van der Waals surface area contributed by atoms with E-state index >= 15 is 0 Å². The van der Waals surface area contributed by atoms with Crippen LogP contribution in [0.3, 0.4) is 0 Å². The van der Waals surface area contributed by atoms with Gasteiger partial charge in [-0.3, -0.25) is 4.98 Å². The minimum atomic E-state index is -0.348. The van der Waals surface area contributed by atoms with E-state index in [1.54, 1.807) is 18.3 Å². The Morgan fingerprint density at radius 2 is 1.75 bits per heavy atom. The van der Waals surface area contributed by atoms with Crippen molar-refractivity contribution >= 4 is 22.1 Å². The van der Waals surface area contributed by atoms with E-state index in [2.05, 4.69) is 19.9 Å². The molecular formula is C15H9FN4. The summed E-state index contributed by atoms with van der Waals surface area (Å²) in [6, 6.07) is 12.4. The van der Waals surface area contributed by atoms with Crippen molar-refractivity contribution < 1.29 is 4.39 Å². The second-order valence-electron chi connectivity index (χ2n) is 4.47. The fourth-order valence-electron chi connectivity index (χ4n) is 2.19. The largest absolute Gasteiger partial charge is 0.337 e. The highest BCUT2D eigenvalue weighted by Crippen LogP contribution is 2.21. The Labute approximate surface area is 113 Å². The lowest BCUT2D eigenvalue weighted by Crippen LogP contribution is -1.89. The summed E-state index contributed by atoms with van der Waals surface area (Å²) in [7, 11) is 0. The van der Waals surface area contributed by atoms with E-state index < -0.39 is 0 Å². The van der Waals surface area contributed by atoms with E-state index in [0.29, 0.717) is 22.6 Å². The van der Waals surface area contributed by atoms with Gasteiger partial charge >= 0.3 is 0 Å². The number of aromatic nitrogens is 4. The quantitative estimate of drug-likeness (QED) is 0.574. The molecule has 0 spiro atoms. The molecule has 2 aromatic carbocycles. The molecule has 0 aliphatic heterocycles.